The molecular formula is C46H31NS. The summed E-state index contributed by atoms with van der Waals surface area (Å²) in [7, 11) is 0. The first-order valence-electron chi connectivity index (χ1n) is 16.3. The zero-order valence-corrected chi connectivity index (χ0v) is 27.1. The number of anilines is 3. The van der Waals surface area contributed by atoms with Gasteiger partial charge in [0.15, 0.2) is 0 Å². The molecule has 9 aromatic rings. The molecular weight excluding hydrogens is 599 g/mol. The van der Waals surface area contributed by atoms with Crippen molar-refractivity contribution in [3.05, 3.63) is 188 Å². The molecule has 2 heteroatoms. The molecule has 0 N–H and O–H groups in total. The highest BCUT2D eigenvalue weighted by atomic mass is 32.1. The van der Waals surface area contributed by atoms with Crippen LogP contribution in [-0.2, 0) is 0 Å². The van der Waals surface area contributed by atoms with Crippen LogP contribution in [0.2, 0.25) is 0 Å². The third-order valence-corrected chi connectivity index (χ3v) is 10.4. The average Bonchev–Trinajstić information content (AvgIpc) is 3.54. The van der Waals surface area contributed by atoms with Crippen LogP contribution in [0.15, 0.2) is 188 Å². The predicted octanol–water partition coefficient (Wildman–Crippen LogP) is 13.7. The van der Waals surface area contributed by atoms with Gasteiger partial charge in [0.05, 0.1) is 5.69 Å². The summed E-state index contributed by atoms with van der Waals surface area (Å²) >= 11 is 1.86. The molecule has 0 saturated heterocycles. The number of fused-ring (bicyclic) bond motifs is 4. The summed E-state index contributed by atoms with van der Waals surface area (Å²) in [5.74, 6) is 0. The van der Waals surface area contributed by atoms with Gasteiger partial charge in [-0.2, -0.15) is 0 Å². The lowest BCUT2D eigenvalue weighted by molar-refractivity contribution is 1.28. The topological polar surface area (TPSA) is 3.24 Å². The maximum Gasteiger partial charge on any atom is 0.0546 e. The van der Waals surface area contributed by atoms with Crippen LogP contribution < -0.4 is 4.90 Å². The van der Waals surface area contributed by atoms with E-state index in [0.717, 1.165) is 17.1 Å². The van der Waals surface area contributed by atoms with Gasteiger partial charge in [-0.05, 0) is 93.2 Å². The first-order chi connectivity index (χ1) is 23.8. The lowest BCUT2D eigenvalue weighted by atomic mass is 9.95. The molecule has 0 saturated carbocycles. The van der Waals surface area contributed by atoms with Crippen LogP contribution in [0.1, 0.15) is 0 Å². The van der Waals surface area contributed by atoms with Crippen LogP contribution in [0.3, 0.4) is 0 Å². The van der Waals surface area contributed by atoms with Gasteiger partial charge < -0.3 is 4.90 Å². The number of hydrogen-bond donors (Lipinski definition) is 0. The first kappa shape index (κ1) is 28.3. The normalized spacial score (nSPS) is 11.3. The van der Waals surface area contributed by atoms with Crippen LogP contribution in [0.4, 0.5) is 17.1 Å². The summed E-state index contributed by atoms with van der Waals surface area (Å²) in [5, 5.41) is 5.14. The van der Waals surface area contributed by atoms with Crippen LogP contribution >= 0.6 is 11.3 Å². The second kappa shape index (κ2) is 12.0. The van der Waals surface area contributed by atoms with Gasteiger partial charge in [0, 0.05) is 37.1 Å². The van der Waals surface area contributed by atoms with E-state index >= 15 is 0 Å². The lowest BCUT2D eigenvalue weighted by Crippen LogP contribution is -2.11. The van der Waals surface area contributed by atoms with E-state index in [-0.39, 0.29) is 0 Å². The number of rotatable bonds is 6. The highest BCUT2D eigenvalue weighted by Crippen LogP contribution is 2.44. The van der Waals surface area contributed by atoms with Crippen molar-refractivity contribution < 1.29 is 0 Å². The van der Waals surface area contributed by atoms with Gasteiger partial charge in [-0.1, -0.05) is 133 Å². The van der Waals surface area contributed by atoms with Crippen molar-refractivity contribution in [1.82, 2.24) is 0 Å². The third-order valence-electron chi connectivity index (χ3n) is 9.26. The van der Waals surface area contributed by atoms with E-state index in [0.29, 0.717) is 0 Å². The molecule has 226 valence electrons. The van der Waals surface area contributed by atoms with Crippen molar-refractivity contribution in [1.29, 1.82) is 0 Å². The van der Waals surface area contributed by atoms with E-state index in [1.165, 1.54) is 64.3 Å². The van der Waals surface area contributed by atoms with Gasteiger partial charge in [-0.25, -0.2) is 0 Å². The van der Waals surface area contributed by atoms with Crippen LogP contribution in [0.5, 0.6) is 0 Å². The minimum Gasteiger partial charge on any atom is -0.310 e. The standard InChI is InChI=1S/C46H31NS/c1-3-12-34(13-4-1)41-27-23-38(36-20-19-32-11-7-8-14-35(32)29-36)31-44(41)47(39-15-5-2-6-16-39)40-25-21-33(22-26-40)37-24-28-46-43(30-37)42-17-9-10-18-45(42)48-46/h1-31H. The van der Waals surface area contributed by atoms with Crippen LogP contribution in [0, 0.1) is 0 Å². The Morgan fingerprint density at radius 1 is 0.333 bits per heavy atom. The molecule has 0 aliphatic carbocycles. The second-order valence-electron chi connectivity index (χ2n) is 12.2. The van der Waals surface area contributed by atoms with E-state index in [1.54, 1.807) is 0 Å². The molecule has 0 amide bonds. The molecule has 48 heavy (non-hydrogen) atoms. The number of para-hydroxylation sites is 1. The van der Waals surface area contributed by atoms with Gasteiger partial charge in [0.25, 0.3) is 0 Å². The van der Waals surface area contributed by atoms with Crippen molar-refractivity contribution in [2.75, 3.05) is 4.90 Å². The summed E-state index contributed by atoms with van der Waals surface area (Å²) in [6.45, 7) is 0. The van der Waals surface area contributed by atoms with E-state index in [4.69, 9.17) is 0 Å². The zero-order valence-electron chi connectivity index (χ0n) is 26.3. The summed E-state index contributed by atoms with van der Waals surface area (Å²) in [6, 6.07) is 68.2. The van der Waals surface area contributed by atoms with Gasteiger partial charge in [-0.3, -0.25) is 0 Å². The Bertz CT molecular complexity index is 2550. The Labute approximate surface area is 284 Å². The molecule has 1 heterocycles. The Balaban J connectivity index is 1.19. The number of benzene rings is 8. The van der Waals surface area contributed by atoms with Crippen molar-refractivity contribution in [2.45, 2.75) is 0 Å². The molecule has 0 fully saturated rings. The molecule has 0 atom stereocenters. The Kier molecular flexibility index (Phi) is 7.07. The SMILES string of the molecule is c1ccc(-c2ccc(-c3ccc4ccccc4c3)cc2N(c2ccccc2)c2ccc(-c3ccc4sc5ccccc5c4c3)cc2)cc1. The molecule has 0 unspecified atom stereocenters. The van der Waals surface area contributed by atoms with Gasteiger partial charge in [0.2, 0.25) is 0 Å². The summed E-state index contributed by atoms with van der Waals surface area (Å²) in [5.41, 5.74) is 10.6. The second-order valence-corrected chi connectivity index (χ2v) is 13.3. The maximum absolute atomic E-state index is 2.40. The highest BCUT2D eigenvalue weighted by molar-refractivity contribution is 7.25. The largest absolute Gasteiger partial charge is 0.310 e. The zero-order chi connectivity index (χ0) is 31.9. The van der Waals surface area contributed by atoms with Crippen molar-refractivity contribution in [3.63, 3.8) is 0 Å². The fourth-order valence-electron chi connectivity index (χ4n) is 6.84. The Morgan fingerprint density at radius 3 is 1.75 bits per heavy atom. The third kappa shape index (κ3) is 5.13. The monoisotopic (exact) mass is 629 g/mol. The van der Waals surface area contributed by atoms with Gasteiger partial charge >= 0.3 is 0 Å². The summed E-state index contributed by atoms with van der Waals surface area (Å²) in [6.07, 6.45) is 0. The molecule has 0 aliphatic rings. The first-order valence-corrected chi connectivity index (χ1v) is 17.2. The average molecular weight is 630 g/mol. The smallest absolute Gasteiger partial charge is 0.0546 e. The van der Waals surface area contributed by atoms with Crippen LogP contribution in [-0.4, -0.2) is 0 Å². The molecule has 8 aromatic carbocycles. The van der Waals surface area contributed by atoms with E-state index < -0.39 is 0 Å². The molecule has 1 aromatic heterocycles. The van der Waals surface area contributed by atoms with E-state index in [9.17, 15) is 0 Å². The Morgan fingerprint density at radius 2 is 0.917 bits per heavy atom. The summed E-state index contributed by atoms with van der Waals surface area (Å²) < 4.78 is 2.66. The predicted molar refractivity (Wildman–Crippen MR) is 208 cm³/mol. The molecule has 0 bridgehead atoms. The fourth-order valence-corrected chi connectivity index (χ4v) is 7.93. The van der Waals surface area contributed by atoms with Crippen molar-refractivity contribution >= 4 is 59.3 Å². The minimum atomic E-state index is 1.11. The maximum atomic E-state index is 2.40. The molecule has 0 aliphatic heterocycles. The number of thiophene rings is 1. The van der Waals surface area contributed by atoms with Crippen molar-refractivity contribution in [3.8, 4) is 33.4 Å². The lowest BCUT2D eigenvalue weighted by Gasteiger charge is -2.29. The molecule has 1 nitrogen and oxygen atoms in total. The quantitative estimate of drug-likeness (QED) is 0.177. The van der Waals surface area contributed by atoms with Crippen LogP contribution in [0.25, 0.3) is 64.3 Å². The Hall–Kier alpha value is -5.96. The van der Waals surface area contributed by atoms with Crippen molar-refractivity contribution in [2.24, 2.45) is 0 Å². The van der Waals surface area contributed by atoms with E-state index in [2.05, 4.69) is 193 Å². The van der Waals surface area contributed by atoms with Gasteiger partial charge in [0.1, 0.15) is 0 Å². The number of hydrogen-bond acceptors (Lipinski definition) is 2. The van der Waals surface area contributed by atoms with Gasteiger partial charge in [-0.15, -0.1) is 11.3 Å². The molecule has 0 radical (unpaired) electrons. The minimum absolute atomic E-state index is 1.11. The fraction of sp³-hybridized carbons (Fsp3) is 0. The number of nitrogens with zero attached hydrogens (tertiary/aromatic N) is 1. The molecule has 9 rings (SSSR count). The van der Waals surface area contributed by atoms with E-state index in [1.807, 2.05) is 11.3 Å². The summed E-state index contributed by atoms with van der Waals surface area (Å²) in [4.78, 5) is 2.40. The highest BCUT2D eigenvalue weighted by Gasteiger charge is 2.19. The molecule has 0 spiro atoms.